The monoisotopic (exact) mass is 320 g/mol. The molecule has 0 unspecified atom stereocenters. The summed E-state index contributed by atoms with van der Waals surface area (Å²) in [5, 5.41) is 2.93. The van der Waals surface area contributed by atoms with E-state index in [-0.39, 0.29) is 0 Å². The maximum absolute atomic E-state index is 5.82. The standard InChI is InChI=1S/C10H10P2S4/c13-11(9-5-1-2-6-9)15-12(14,16-11)10-7-3-4-8-10/h1-5,7H,6,8H2. The van der Waals surface area contributed by atoms with Crippen LogP contribution in [0.3, 0.4) is 0 Å². The molecule has 2 aliphatic carbocycles. The van der Waals surface area contributed by atoms with Crippen LogP contribution in [0.15, 0.2) is 47.1 Å². The second-order valence-electron chi connectivity index (χ2n) is 3.74. The first-order chi connectivity index (χ1) is 7.62. The van der Waals surface area contributed by atoms with Gasteiger partial charge in [0.15, 0.2) is 0 Å². The van der Waals surface area contributed by atoms with E-state index in [1.165, 1.54) is 10.6 Å². The molecule has 1 heterocycles. The fraction of sp³-hybridized carbons (Fsp3) is 0.200. The Hall–Kier alpha value is 0.960. The molecule has 0 bridgehead atoms. The van der Waals surface area contributed by atoms with Gasteiger partial charge >= 0.3 is 0 Å². The van der Waals surface area contributed by atoms with Crippen LogP contribution in [0.5, 0.6) is 0 Å². The Kier molecular flexibility index (Phi) is 3.20. The number of hydrogen-bond acceptors (Lipinski definition) is 4. The Labute approximate surface area is 114 Å². The molecule has 1 fully saturated rings. The molecule has 6 heteroatoms. The summed E-state index contributed by atoms with van der Waals surface area (Å²) >= 11 is 15.6. The summed E-state index contributed by atoms with van der Waals surface area (Å²) in [6, 6.07) is 0. The maximum Gasteiger partial charge on any atom is 0.0929 e. The molecule has 0 saturated carbocycles. The molecule has 0 radical (unpaired) electrons. The molecule has 0 spiro atoms. The van der Waals surface area contributed by atoms with Crippen molar-refractivity contribution in [3.05, 3.63) is 47.1 Å². The number of allylic oxidation sites excluding steroid dienone is 8. The summed E-state index contributed by atoms with van der Waals surface area (Å²) in [5.74, 6) is 0. The van der Waals surface area contributed by atoms with Crippen LogP contribution >= 0.6 is 30.9 Å². The molecular formula is C10H10P2S4. The molecule has 0 amide bonds. The Morgan fingerprint density at radius 2 is 1.31 bits per heavy atom. The van der Waals surface area contributed by atoms with Crippen molar-refractivity contribution in [3.8, 4) is 0 Å². The van der Waals surface area contributed by atoms with Gasteiger partial charge in [-0.05, 0) is 23.5 Å². The van der Waals surface area contributed by atoms with E-state index < -0.39 is 8.88 Å². The summed E-state index contributed by atoms with van der Waals surface area (Å²) in [7, 11) is 0. The highest BCUT2D eigenvalue weighted by Crippen LogP contribution is 3.09. The zero-order valence-electron chi connectivity index (χ0n) is 8.41. The highest BCUT2D eigenvalue weighted by atomic mass is 33.7. The third kappa shape index (κ3) is 1.92. The topological polar surface area (TPSA) is 0 Å². The van der Waals surface area contributed by atoms with Gasteiger partial charge < -0.3 is 0 Å². The van der Waals surface area contributed by atoms with Gasteiger partial charge in [-0.1, -0.05) is 82.1 Å². The number of hydrogen-bond donors (Lipinski definition) is 0. The third-order valence-corrected chi connectivity index (χ3v) is 34.5. The van der Waals surface area contributed by atoms with Gasteiger partial charge in [0.25, 0.3) is 0 Å². The maximum atomic E-state index is 5.82. The minimum absolute atomic E-state index is 1.06. The minimum Gasteiger partial charge on any atom is -0.0800 e. The van der Waals surface area contributed by atoms with Gasteiger partial charge in [-0.2, -0.15) is 0 Å². The first-order valence-electron chi connectivity index (χ1n) is 4.98. The van der Waals surface area contributed by atoms with Gasteiger partial charge in [-0.25, -0.2) is 0 Å². The van der Waals surface area contributed by atoms with Crippen LogP contribution in [-0.4, -0.2) is 0 Å². The zero-order chi connectivity index (χ0) is 11.2. The quantitative estimate of drug-likeness (QED) is 0.592. The average molecular weight is 320 g/mol. The van der Waals surface area contributed by atoms with Crippen molar-refractivity contribution >= 4 is 54.5 Å². The van der Waals surface area contributed by atoms with Crippen LogP contribution in [0.4, 0.5) is 0 Å². The van der Waals surface area contributed by atoms with Crippen LogP contribution < -0.4 is 0 Å². The highest BCUT2D eigenvalue weighted by Gasteiger charge is 2.47. The van der Waals surface area contributed by atoms with Crippen LogP contribution in [0.1, 0.15) is 12.8 Å². The fourth-order valence-electron chi connectivity index (χ4n) is 1.78. The minimum atomic E-state index is -1.37. The van der Waals surface area contributed by atoms with Gasteiger partial charge in [0, 0.05) is 0 Å². The van der Waals surface area contributed by atoms with E-state index in [0.29, 0.717) is 0 Å². The summed E-state index contributed by atoms with van der Waals surface area (Å²) in [4.78, 5) is 0. The lowest BCUT2D eigenvalue weighted by Crippen LogP contribution is -1.88. The molecule has 1 aliphatic heterocycles. The molecule has 0 N–H and O–H groups in total. The Bertz CT molecular complexity index is 491. The molecule has 3 aliphatic rings. The third-order valence-electron chi connectivity index (χ3n) is 2.64. The molecule has 0 aromatic carbocycles. The predicted octanol–water partition coefficient (Wildman–Crippen LogP) is 5.77. The fourth-order valence-corrected chi connectivity index (χ4v) is 45.0. The summed E-state index contributed by atoms with van der Waals surface area (Å²) in [6.45, 7) is 0. The van der Waals surface area contributed by atoms with Crippen molar-refractivity contribution in [3.63, 3.8) is 0 Å². The summed E-state index contributed by atoms with van der Waals surface area (Å²) in [5.41, 5.74) is 0. The first-order valence-corrected chi connectivity index (χ1v) is 14.6. The van der Waals surface area contributed by atoms with Crippen LogP contribution in [0.25, 0.3) is 0 Å². The van der Waals surface area contributed by atoms with Crippen molar-refractivity contribution in [2.24, 2.45) is 0 Å². The van der Waals surface area contributed by atoms with Crippen LogP contribution in [0.2, 0.25) is 0 Å². The first kappa shape index (κ1) is 12.0. The molecule has 3 rings (SSSR count). The Balaban J connectivity index is 1.79. The van der Waals surface area contributed by atoms with Crippen LogP contribution in [-0.2, 0) is 23.6 Å². The predicted molar refractivity (Wildman–Crippen MR) is 87.4 cm³/mol. The SMILES string of the molecule is S=P1(C2=CC=CC2)SP(=S)(C2=CC=CC2)S1. The van der Waals surface area contributed by atoms with E-state index in [9.17, 15) is 0 Å². The summed E-state index contributed by atoms with van der Waals surface area (Å²) in [6.07, 6.45) is 15.2. The van der Waals surface area contributed by atoms with Gasteiger partial charge in [0.1, 0.15) is 0 Å². The lowest BCUT2D eigenvalue weighted by atomic mass is 10.5. The van der Waals surface area contributed by atoms with Gasteiger partial charge in [-0.3, -0.25) is 0 Å². The molecule has 0 aromatic heterocycles. The average Bonchev–Trinajstić information content (AvgIpc) is 2.89. The highest BCUT2D eigenvalue weighted by molar-refractivity contribution is 9.47. The van der Waals surface area contributed by atoms with Crippen molar-refractivity contribution in [1.29, 1.82) is 0 Å². The molecule has 1 saturated heterocycles. The van der Waals surface area contributed by atoms with E-state index in [0.717, 1.165) is 12.8 Å². The largest absolute Gasteiger partial charge is 0.0929 e. The van der Waals surface area contributed by atoms with E-state index in [1.807, 2.05) is 22.0 Å². The Morgan fingerprint density at radius 3 is 1.62 bits per heavy atom. The van der Waals surface area contributed by atoms with Gasteiger partial charge in [0.2, 0.25) is 0 Å². The van der Waals surface area contributed by atoms with Crippen molar-refractivity contribution in [1.82, 2.24) is 0 Å². The van der Waals surface area contributed by atoms with Crippen molar-refractivity contribution in [2.45, 2.75) is 12.8 Å². The van der Waals surface area contributed by atoms with Gasteiger partial charge in [-0.15, -0.1) is 0 Å². The zero-order valence-corrected chi connectivity index (χ0v) is 13.5. The lowest BCUT2D eigenvalue weighted by molar-refractivity contribution is 1.41. The smallest absolute Gasteiger partial charge is 0.0800 e. The van der Waals surface area contributed by atoms with Crippen molar-refractivity contribution < 1.29 is 0 Å². The van der Waals surface area contributed by atoms with Crippen LogP contribution in [0, 0.1) is 0 Å². The van der Waals surface area contributed by atoms with E-state index in [4.69, 9.17) is 23.6 Å². The molecule has 0 aromatic rings. The molecule has 16 heavy (non-hydrogen) atoms. The second kappa shape index (κ2) is 4.26. The van der Waals surface area contributed by atoms with Gasteiger partial charge in [0.05, 0.1) is 8.88 Å². The molecular weight excluding hydrogens is 310 g/mol. The van der Waals surface area contributed by atoms with E-state index in [2.05, 4.69) is 36.5 Å². The normalized spacial score (nSPS) is 40.8. The Morgan fingerprint density at radius 1 is 0.875 bits per heavy atom. The number of rotatable bonds is 2. The molecule has 0 nitrogen and oxygen atoms in total. The van der Waals surface area contributed by atoms with E-state index in [1.54, 1.807) is 0 Å². The van der Waals surface area contributed by atoms with E-state index >= 15 is 0 Å². The van der Waals surface area contributed by atoms with Crippen molar-refractivity contribution in [2.75, 3.05) is 0 Å². The molecule has 84 valence electrons. The summed E-state index contributed by atoms with van der Waals surface area (Å²) < 4.78 is -2.75. The molecule has 0 atom stereocenters. The second-order valence-corrected chi connectivity index (χ2v) is 25.1. The lowest BCUT2D eigenvalue weighted by Gasteiger charge is -2.41.